The molecule has 1 amide bonds. The predicted octanol–water partition coefficient (Wildman–Crippen LogP) is 1.76. The van der Waals surface area contributed by atoms with Crippen LogP contribution in [0.2, 0.25) is 0 Å². The molecule has 1 heterocycles. The molecule has 0 aliphatic rings. The molecule has 0 bridgehead atoms. The van der Waals surface area contributed by atoms with Crippen LogP contribution in [-0.4, -0.2) is 29.1 Å². The number of carbonyl (C=O) groups is 1. The van der Waals surface area contributed by atoms with Crippen molar-refractivity contribution < 1.29 is 14.3 Å². The average Bonchev–Trinajstić information content (AvgIpc) is 2.95. The third kappa shape index (κ3) is 5.71. The molecule has 0 saturated heterocycles. The quantitative estimate of drug-likeness (QED) is 0.568. The summed E-state index contributed by atoms with van der Waals surface area (Å²) in [6.45, 7) is 2.56. The molecule has 4 N–H and O–H groups in total. The fourth-order valence-electron chi connectivity index (χ4n) is 1.84. The topological polar surface area (TPSA) is 101 Å². The molecule has 0 aliphatic heterocycles. The first kappa shape index (κ1) is 16.7. The summed E-state index contributed by atoms with van der Waals surface area (Å²) in [6.07, 6.45) is 8.34. The number of rotatable bonds is 10. The Kier molecular flexibility index (Phi) is 7.91. The van der Waals surface area contributed by atoms with Gasteiger partial charge >= 0.3 is 0 Å². The van der Waals surface area contributed by atoms with E-state index in [0.717, 1.165) is 12.8 Å². The zero-order valence-corrected chi connectivity index (χ0v) is 12.1. The van der Waals surface area contributed by atoms with E-state index in [-0.39, 0.29) is 24.1 Å². The largest absolute Gasteiger partial charge is 0.446 e. The van der Waals surface area contributed by atoms with E-state index in [9.17, 15) is 4.79 Å². The smallest absolute Gasteiger partial charge is 0.273 e. The van der Waals surface area contributed by atoms with Gasteiger partial charge < -0.3 is 20.6 Å². The number of amides is 1. The highest BCUT2D eigenvalue weighted by atomic mass is 16.3. The number of oxazole rings is 1. The van der Waals surface area contributed by atoms with Gasteiger partial charge in [-0.3, -0.25) is 4.79 Å². The van der Waals surface area contributed by atoms with Crippen LogP contribution in [0.15, 0.2) is 10.7 Å². The lowest BCUT2D eigenvalue weighted by Gasteiger charge is -2.03. The zero-order chi connectivity index (χ0) is 14.8. The van der Waals surface area contributed by atoms with E-state index in [0.29, 0.717) is 6.54 Å². The van der Waals surface area contributed by atoms with Crippen molar-refractivity contribution in [2.24, 2.45) is 5.73 Å². The molecule has 0 aromatic carbocycles. The molecule has 20 heavy (non-hydrogen) atoms. The van der Waals surface area contributed by atoms with Gasteiger partial charge in [-0.15, -0.1) is 0 Å². The molecular formula is C14H25N3O3. The van der Waals surface area contributed by atoms with Crippen molar-refractivity contribution in [2.45, 2.75) is 51.5 Å². The minimum atomic E-state index is -0.685. The fraction of sp³-hybridized carbons (Fsp3) is 0.714. The number of aromatic nitrogens is 1. The van der Waals surface area contributed by atoms with Gasteiger partial charge in [0.25, 0.3) is 5.91 Å². The average molecular weight is 283 g/mol. The summed E-state index contributed by atoms with van der Waals surface area (Å²) >= 11 is 0. The molecular weight excluding hydrogens is 258 g/mol. The lowest BCUT2D eigenvalue weighted by molar-refractivity contribution is 0.0948. The van der Waals surface area contributed by atoms with E-state index in [1.807, 2.05) is 0 Å². The van der Waals surface area contributed by atoms with Gasteiger partial charge in [0.15, 0.2) is 5.69 Å². The number of hydrogen-bond acceptors (Lipinski definition) is 5. The van der Waals surface area contributed by atoms with Gasteiger partial charge in [-0.2, -0.15) is 0 Å². The summed E-state index contributed by atoms with van der Waals surface area (Å²) < 4.78 is 5.05. The van der Waals surface area contributed by atoms with Crippen molar-refractivity contribution in [2.75, 3.05) is 13.2 Å². The molecule has 1 aromatic heterocycles. The van der Waals surface area contributed by atoms with E-state index < -0.39 is 6.04 Å². The Hall–Kier alpha value is -1.40. The zero-order valence-electron chi connectivity index (χ0n) is 12.1. The molecule has 6 nitrogen and oxygen atoms in total. The number of nitrogens with two attached hydrogens (primary N) is 1. The van der Waals surface area contributed by atoms with Crippen molar-refractivity contribution >= 4 is 5.91 Å². The van der Waals surface area contributed by atoms with Crippen LogP contribution in [0.3, 0.4) is 0 Å². The molecule has 1 aromatic rings. The lowest BCUT2D eigenvalue weighted by Crippen LogP contribution is -2.25. The minimum Gasteiger partial charge on any atom is -0.446 e. The number of hydrogen-bond donors (Lipinski definition) is 3. The highest BCUT2D eigenvalue weighted by Crippen LogP contribution is 2.09. The molecule has 0 spiro atoms. The fourth-order valence-corrected chi connectivity index (χ4v) is 1.84. The van der Waals surface area contributed by atoms with Crippen LogP contribution in [0, 0.1) is 0 Å². The van der Waals surface area contributed by atoms with E-state index in [4.69, 9.17) is 15.3 Å². The van der Waals surface area contributed by atoms with Crippen LogP contribution in [-0.2, 0) is 0 Å². The van der Waals surface area contributed by atoms with E-state index in [1.54, 1.807) is 0 Å². The Labute approximate surface area is 119 Å². The first-order valence-corrected chi connectivity index (χ1v) is 7.29. The highest BCUT2D eigenvalue weighted by molar-refractivity contribution is 5.91. The highest BCUT2D eigenvalue weighted by Gasteiger charge is 2.15. The number of unbranched alkanes of at least 4 members (excludes halogenated alkanes) is 5. The Balaban J connectivity index is 2.21. The molecule has 1 unspecified atom stereocenters. The van der Waals surface area contributed by atoms with Crippen molar-refractivity contribution in [3.8, 4) is 0 Å². The van der Waals surface area contributed by atoms with Gasteiger partial charge in [-0.05, 0) is 6.42 Å². The Morgan fingerprint density at radius 1 is 1.40 bits per heavy atom. The van der Waals surface area contributed by atoms with Gasteiger partial charge in [0.05, 0.1) is 6.61 Å². The molecule has 1 atom stereocenters. The van der Waals surface area contributed by atoms with Crippen molar-refractivity contribution in [3.05, 3.63) is 17.8 Å². The van der Waals surface area contributed by atoms with Gasteiger partial charge in [0.2, 0.25) is 5.89 Å². The third-order valence-corrected chi connectivity index (χ3v) is 3.08. The maximum absolute atomic E-state index is 11.8. The van der Waals surface area contributed by atoms with Crippen LogP contribution in [0.25, 0.3) is 0 Å². The summed E-state index contributed by atoms with van der Waals surface area (Å²) in [4.78, 5) is 15.7. The van der Waals surface area contributed by atoms with Crippen molar-refractivity contribution in [3.63, 3.8) is 0 Å². The molecule has 1 rings (SSSR count). The van der Waals surface area contributed by atoms with Gasteiger partial charge in [0, 0.05) is 6.54 Å². The molecule has 0 radical (unpaired) electrons. The molecule has 0 aliphatic carbocycles. The number of nitrogens with zero attached hydrogens (tertiary/aromatic N) is 1. The summed E-state index contributed by atoms with van der Waals surface area (Å²) in [5.41, 5.74) is 5.75. The van der Waals surface area contributed by atoms with Crippen molar-refractivity contribution in [1.82, 2.24) is 10.3 Å². The first-order chi connectivity index (χ1) is 9.69. The van der Waals surface area contributed by atoms with Gasteiger partial charge in [0.1, 0.15) is 12.3 Å². The Morgan fingerprint density at radius 2 is 2.10 bits per heavy atom. The Bertz CT molecular complexity index is 393. The second kappa shape index (κ2) is 9.50. The number of aliphatic hydroxyl groups excluding tert-OH is 1. The van der Waals surface area contributed by atoms with Crippen LogP contribution in [0.5, 0.6) is 0 Å². The van der Waals surface area contributed by atoms with Crippen molar-refractivity contribution in [1.29, 1.82) is 0 Å². The number of carbonyl (C=O) groups excluding carboxylic acids is 1. The maximum Gasteiger partial charge on any atom is 0.273 e. The molecule has 114 valence electrons. The molecule has 0 saturated carbocycles. The minimum absolute atomic E-state index is 0.178. The van der Waals surface area contributed by atoms with Crippen LogP contribution < -0.4 is 11.1 Å². The first-order valence-electron chi connectivity index (χ1n) is 7.29. The standard InChI is InChI=1S/C14H25N3O3/c1-2-3-4-5-6-7-8-16-13(19)12-10-20-14(17-12)11(15)9-18/h10-11,18H,2-9,15H2,1H3,(H,16,19). The number of aliphatic hydroxyl groups is 1. The maximum atomic E-state index is 11.8. The van der Waals surface area contributed by atoms with E-state index >= 15 is 0 Å². The molecule has 6 heteroatoms. The Morgan fingerprint density at radius 3 is 2.80 bits per heavy atom. The normalized spacial score (nSPS) is 12.3. The van der Waals surface area contributed by atoms with Crippen LogP contribution in [0.4, 0.5) is 0 Å². The van der Waals surface area contributed by atoms with Gasteiger partial charge in [-0.25, -0.2) is 4.98 Å². The monoisotopic (exact) mass is 283 g/mol. The van der Waals surface area contributed by atoms with E-state index in [2.05, 4.69) is 17.2 Å². The summed E-state index contributed by atoms with van der Waals surface area (Å²) in [5.74, 6) is -0.0871. The van der Waals surface area contributed by atoms with Gasteiger partial charge in [-0.1, -0.05) is 39.0 Å². The lowest BCUT2D eigenvalue weighted by atomic mass is 10.1. The van der Waals surface area contributed by atoms with E-state index in [1.165, 1.54) is 31.9 Å². The van der Waals surface area contributed by atoms with Crippen LogP contribution in [0.1, 0.15) is 67.9 Å². The second-order valence-corrected chi connectivity index (χ2v) is 4.88. The summed E-state index contributed by atoms with van der Waals surface area (Å²) in [5, 5.41) is 11.7. The second-order valence-electron chi connectivity index (χ2n) is 4.88. The summed E-state index contributed by atoms with van der Waals surface area (Å²) in [6, 6.07) is -0.685. The SMILES string of the molecule is CCCCCCCCNC(=O)c1coc(C(N)CO)n1. The number of nitrogens with one attached hydrogen (secondary N) is 1. The predicted molar refractivity (Wildman–Crippen MR) is 76.2 cm³/mol. The summed E-state index contributed by atoms with van der Waals surface area (Å²) in [7, 11) is 0. The molecule has 0 fully saturated rings. The third-order valence-electron chi connectivity index (χ3n) is 3.08. The van der Waals surface area contributed by atoms with Crippen LogP contribution >= 0.6 is 0 Å².